The van der Waals surface area contributed by atoms with Crippen molar-refractivity contribution < 1.29 is 4.79 Å². The zero-order valence-corrected chi connectivity index (χ0v) is 13.5. The fourth-order valence-electron chi connectivity index (χ4n) is 1.74. The first-order valence-electron chi connectivity index (χ1n) is 6.09. The van der Waals surface area contributed by atoms with Crippen molar-refractivity contribution in [3.63, 3.8) is 0 Å². The molecule has 0 aliphatic carbocycles. The van der Waals surface area contributed by atoms with Crippen LogP contribution in [-0.4, -0.2) is 23.4 Å². The highest BCUT2D eigenvalue weighted by Gasteiger charge is 2.21. The van der Waals surface area contributed by atoms with E-state index in [4.69, 9.17) is 11.6 Å². The molecule has 0 N–H and O–H groups in total. The van der Waals surface area contributed by atoms with Crippen molar-refractivity contribution in [2.45, 2.75) is 33.7 Å². The maximum absolute atomic E-state index is 12.5. The van der Waals surface area contributed by atoms with Crippen LogP contribution in [0.25, 0.3) is 0 Å². The Bertz CT molecular complexity index is 432. The zero-order chi connectivity index (χ0) is 13.9. The van der Waals surface area contributed by atoms with Crippen molar-refractivity contribution in [3.05, 3.63) is 33.3 Å². The summed E-state index contributed by atoms with van der Waals surface area (Å²) in [5.41, 5.74) is 0.661. The van der Waals surface area contributed by atoms with E-state index in [1.165, 1.54) is 0 Å². The van der Waals surface area contributed by atoms with Gasteiger partial charge in [-0.1, -0.05) is 25.4 Å². The number of hydrogen-bond acceptors (Lipinski definition) is 1. The van der Waals surface area contributed by atoms with E-state index in [1.54, 1.807) is 18.2 Å². The maximum Gasteiger partial charge on any atom is 0.255 e. The van der Waals surface area contributed by atoms with Gasteiger partial charge in [0.15, 0.2) is 0 Å². The number of halogens is 2. The van der Waals surface area contributed by atoms with Gasteiger partial charge in [-0.15, -0.1) is 0 Å². The van der Waals surface area contributed by atoms with E-state index in [-0.39, 0.29) is 11.9 Å². The first-order chi connectivity index (χ1) is 8.32. The monoisotopic (exact) mass is 331 g/mol. The summed E-state index contributed by atoms with van der Waals surface area (Å²) in [6.07, 6.45) is 0. The molecule has 100 valence electrons. The second-order valence-electron chi connectivity index (χ2n) is 5.07. The van der Waals surface area contributed by atoms with Crippen molar-refractivity contribution in [3.8, 4) is 0 Å². The normalized spacial score (nSPS) is 11.1. The van der Waals surface area contributed by atoms with Crippen LogP contribution in [0.15, 0.2) is 22.7 Å². The van der Waals surface area contributed by atoms with E-state index in [0.717, 1.165) is 11.0 Å². The van der Waals surface area contributed by atoms with E-state index in [0.29, 0.717) is 16.5 Å². The van der Waals surface area contributed by atoms with Gasteiger partial charge in [-0.2, -0.15) is 0 Å². The Morgan fingerprint density at radius 2 is 1.94 bits per heavy atom. The van der Waals surface area contributed by atoms with Crippen LogP contribution in [0.5, 0.6) is 0 Å². The summed E-state index contributed by atoms with van der Waals surface area (Å²) in [6.45, 7) is 9.04. The Labute approximate surface area is 122 Å². The summed E-state index contributed by atoms with van der Waals surface area (Å²) in [4.78, 5) is 14.4. The Morgan fingerprint density at radius 3 is 2.39 bits per heavy atom. The van der Waals surface area contributed by atoms with Gasteiger partial charge in [0.2, 0.25) is 0 Å². The van der Waals surface area contributed by atoms with E-state index >= 15 is 0 Å². The molecule has 0 aromatic heterocycles. The van der Waals surface area contributed by atoms with Crippen LogP contribution in [0, 0.1) is 5.92 Å². The highest BCUT2D eigenvalue weighted by Crippen LogP contribution is 2.23. The molecule has 0 aliphatic rings. The zero-order valence-electron chi connectivity index (χ0n) is 11.2. The largest absolute Gasteiger partial charge is 0.336 e. The Balaban J connectivity index is 3.02. The lowest BCUT2D eigenvalue weighted by molar-refractivity contribution is 0.0681. The summed E-state index contributed by atoms with van der Waals surface area (Å²) < 4.78 is 0.745. The molecule has 0 aliphatic heterocycles. The molecule has 1 rings (SSSR count). The van der Waals surface area contributed by atoms with Crippen molar-refractivity contribution in [1.29, 1.82) is 0 Å². The second kappa shape index (κ2) is 6.58. The number of carbonyl (C=O) groups is 1. The van der Waals surface area contributed by atoms with Crippen molar-refractivity contribution in [2.24, 2.45) is 5.92 Å². The Hall–Kier alpha value is -0.540. The highest BCUT2D eigenvalue weighted by atomic mass is 79.9. The summed E-state index contributed by atoms with van der Waals surface area (Å²) in [5, 5.41) is 0.624. The van der Waals surface area contributed by atoms with Crippen LogP contribution in [-0.2, 0) is 0 Å². The van der Waals surface area contributed by atoms with Crippen molar-refractivity contribution in [2.75, 3.05) is 6.54 Å². The van der Waals surface area contributed by atoms with E-state index in [1.807, 2.05) is 18.7 Å². The lowest BCUT2D eigenvalue weighted by Crippen LogP contribution is -2.39. The van der Waals surface area contributed by atoms with Gasteiger partial charge in [0.25, 0.3) is 5.91 Å². The van der Waals surface area contributed by atoms with E-state index in [2.05, 4.69) is 29.8 Å². The molecule has 2 nitrogen and oxygen atoms in total. The van der Waals surface area contributed by atoms with Gasteiger partial charge < -0.3 is 4.90 Å². The molecule has 0 saturated heterocycles. The predicted octanol–water partition coefficient (Wildman–Crippen LogP) is 4.61. The molecule has 0 radical (unpaired) electrons. The van der Waals surface area contributed by atoms with E-state index < -0.39 is 0 Å². The highest BCUT2D eigenvalue weighted by molar-refractivity contribution is 9.10. The molecule has 18 heavy (non-hydrogen) atoms. The molecule has 0 heterocycles. The lowest BCUT2D eigenvalue weighted by atomic mass is 10.1. The second-order valence-corrected chi connectivity index (χ2v) is 6.36. The topological polar surface area (TPSA) is 20.3 Å². The van der Waals surface area contributed by atoms with Crippen LogP contribution in [0.3, 0.4) is 0 Å². The van der Waals surface area contributed by atoms with Gasteiger partial charge in [0.05, 0.1) is 5.56 Å². The van der Waals surface area contributed by atoms with Crippen molar-refractivity contribution in [1.82, 2.24) is 4.90 Å². The van der Waals surface area contributed by atoms with Gasteiger partial charge in [-0.3, -0.25) is 4.79 Å². The van der Waals surface area contributed by atoms with Crippen LogP contribution < -0.4 is 0 Å². The minimum atomic E-state index is 0.0437. The molecule has 0 spiro atoms. The molecule has 0 bridgehead atoms. The van der Waals surface area contributed by atoms with Crippen molar-refractivity contribution >= 4 is 33.4 Å². The van der Waals surface area contributed by atoms with Crippen LogP contribution in [0.1, 0.15) is 38.1 Å². The maximum atomic E-state index is 12.5. The van der Waals surface area contributed by atoms with Crippen LogP contribution >= 0.6 is 27.5 Å². The number of hydrogen-bond donors (Lipinski definition) is 0. The predicted molar refractivity (Wildman–Crippen MR) is 80.2 cm³/mol. The number of rotatable bonds is 4. The number of carbonyl (C=O) groups excluding carboxylic acids is 1. The number of amides is 1. The third-order valence-corrected chi connectivity index (χ3v) is 3.50. The fourth-order valence-corrected chi connectivity index (χ4v) is 2.59. The first kappa shape index (κ1) is 15.5. The Morgan fingerprint density at radius 1 is 1.33 bits per heavy atom. The summed E-state index contributed by atoms with van der Waals surface area (Å²) in [7, 11) is 0. The molecule has 4 heteroatoms. The summed E-state index contributed by atoms with van der Waals surface area (Å²) in [6, 6.07) is 5.45. The Kier molecular flexibility index (Phi) is 5.67. The molecular formula is C14H19BrClNO. The average molecular weight is 333 g/mol. The van der Waals surface area contributed by atoms with E-state index in [9.17, 15) is 4.79 Å². The smallest absolute Gasteiger partial charge is 0.255 e. The fraction of sp³-hybridized carbons (Fsp3) is 0.500. The standard InChI is InChI=1S/C14H19BrClNO/c1-9(2)8-17(10(3)4)14(18)12-6-5-11(16)7-13(12)15/h5-7,9-10H,8H2,1-4H3. The van der Waals surface area contributed by atoms with Gasteiger partial charge in [-0.05, 0) is 53.9 Å². The van der Waals surface area contributed by atoms with Crippen LogP contribution in [0.2, 0.25) is 5.02 Å². The number of benzene rings is 1. The molecule has 0 saturated carbocycles. The average Bonchev–Trinajstić information content (AvgIpc) is 2.24. The van der Waals surface area contributed by atoms with Crippen LogP contribution in [0.4, 0.5) is 0 Å². The SMILES string of the molecule is CC(C)CN(C(=O)c1ccc(Cl)cc1Br)C(C)C. The summed E-state index contributed by atoms with van der Waals surface area (Å²) in [5.74, 6) is 0.490. The molecular weight excluding hydrogens is 314 g/mol. The van der Waals surface area contributed by atoms with Gasteiger partial charge in [-0.25, -0.2) is 0 Å². The third kappa shape index (κ3) is 3.99. The minimum absolute atomic E-state index is 0.0437. The van der Waals surface area contributed by atoms with Gasteiger partial charge >= 0.3 is 0 Å². The molecule has 1 aromatic carbocycles. The quantitative estimate of drug-likeness (QED) is 0.788. The molecule has 1 amide bonds. The van der Waals surface area contributed by atoms with Gasteiger partial charge in [0, 0.05) is 22.1 Å². The molecule has 0 unspecified atom stereocenters. The number of nitrogens with zero attached hydrogens (tertiary/aromatic N) is 1. The molecule has 1 aromatic rings. The van der Waals surface area contributed by atoms with Gasteiger partial charge in [0.1, 0.15) is 0 Å². The third-order valence-electron chi connectivity index (χ3n) is 2.61. The summed E-state index contributed by atoms with van der Waals surface area (Å²) >= 11 is 9.29. The molecule has 0 fully saturated rings. The molecule has 0 atom stereocenters. The lowest BCUT2D eigenvalue weighted by Gasteiger charge is -2.29. The minimum Gasteiger partial charge on any atom is -0.336 e. The first-order valence-corrected chi connectivity index (χ1v) is 7.26.